The number of ether oxygens (including phenoxy) is 1. The van der Waals surface area contributed by atoms with Gasteiger partial charge in [-0.1, -0.05) is 48.5 Å². The van der Waals surface area contributed by atoms with Gasteiger partial charge in [0.1, 0.15) is 11.6 Å². The first-order valence-corrected chi connectivity index (χ1v) is 11.8. The maximum absolute atomic E-state index is 13.5. The van der Waals surface area contributed by atoms with Crippen molar-refractivity contribution in [2.75, 3.05) is 31.2 Å². The van der Waals surface area contributed by atoms with Crippen LogP contribution in [-0.4, -0.2) is 40.8 Å². The molecule has 0 aliphatic carbocycles. The van der Waals surface area contributed by atoms with Gasteiger partial charge >= 0.3 is 0 Å². The number of morpholine rings is 1. The number of pyridine rings is 1. The van der Waals surface area contributed by atoms with Gasteiger partial charge in [-0.05, 0) is 48.6 Å². The van der Waals surface area contributed by atoms with Crippen LogP contribution in [0.4, 0.5) is 5.82 Å². The first-order valence-electron chi connectivity index (χ1n) is 11.8. The fraction of sp³-hybridized carbons (Fsp3) is 0.138. The highest BCUT2D eigenvalue weighted by atomic mass is 16.5. The number of benzene rings is 3. The van der Waals surface area contributed by atoms with E-state index in [0.717, 1.165) is 41.1 Å². The Hall–Kier alpha value is -4.29. The van der Waals surface area contributed by atoms with Crippen LogP contribution in [0.25, 0.3) is 39.6 Å². The van der Waals surface area contributed by atoms with E-state index < -0.39 is 0 Å². The van der Waals surface area contributed by atoms with Crippen molar-refractivity contribution in [2.45, 2.75) is 0 Å². The first kappa shape index (κ1) is 21.3. The maximum Gasteiger partial charge on any atom is 0.266 e. The van der Waals surface area contributed by atoms with Crippen molar-refractivity contribution >= 4 is 39.8 Å². The molecular weight excluding hydrogens is 436 g/mol. The Kier molecular flexibility index (Phi) is 5.56. The Balaban J connectivity index is 1.53. The van der Waals surface area contributed by atoms with Crippen molar-refractivity contribution < 1.29 is 4.74 Å². The van der Waals surface area contributed by atoms with E-state index in [1.165, 1.54) is 0 Å². The average molecular weight is 461 g/mol. The van der Waals surface area contributed by atoms with E-state index in [1.807, 2.05) is 84.9 Å². The molecule has 0 unspecified atom stereocenters. The number of para-hydroxylation sites is 3. The zero-order valence-corrected chi connectivity index (χ0v) is 19.2. The molecule has 3 aromatic carbocycles. The van der Waals surface area contributed by atoms with E-state index >= 15 is 0 Å². The van der Waals surface area contributed by atoms with Gasteiger partial charge in [0.15, 0.2) is 0 Å². The highest BCUT2D eigenvalue weighted by Gasteiger charge is 2.17. The van der Waals surface area contributed by atoms with Crippen LogP contribution < -0.4 is 10.5 Å². The summed E-state index contributed by atoms with van der Waals surface area (Å²) in [7, 11) is 0. The molecule has 6 nitrogen and oxygen atoms in total. The molecule has 2 aromatic heterocycles. The normalized spacial score (nSPS) is 14.2. The zero-order valence-electron chi connectivity index (χ0n) is 19.2. The number of nitrogens with zero attached hydrogens (tertiary/aromatic N) is 4. The molecule has 6 heteroatoms. The highest BCUT2D eigenvalue weighted by molar-refractivity contribution is 5.87. The molecule has 0 amide bonds. The monoisotopic (exact) mass is 460 g/mol. The van der Waals surface area contributed by atoms with E-state index in [4.69, 9.17) is 14.7 Å². The van der Waals surface area contributed by atoms with Gasteiger partial charge in [-0.25, -0.2) is 9.97 Å². The summed E-state index contributed by atoms with van der Waals surface area (Å²) in [5, 5.41) is 1.66. The fourth-order valence-corrected chi connectivity index (χ4v) is 4.53. The molecule has 1 fully saturated rings. The van der Waals surface area contributed by atoms with Crippen LogP contribution >= 0.6 is 0 Å². The summed E-state index contributed by atoms with van der Waals surface area (Å²) >= 11 is 0. The van der Waals surface area contributed by atoms with Crippen LogP contribution in [0.15, 0.2) is 89.7 Å². The fourth-order valence-electron chi connectivity index (χ4n) is 4.53. The average Bonchev–Trinajstić information content (AvgIpc) is 2.92. The van der Waals surface area contributed by atoms with Gasteiger partial charge in [-0.2, -0.15) is 0 Å². The lowest BCUT2D eigenvalue weighted by Gasteiger charge is -2.29. The summed E-state index contributed by atoms with van der Waals surface area (Å²) in [4.78, 5) is 25.6. The van der Waals surface area contributed by atoms with Crippen molar-refractivity contribution in [1.82, 2.24) is 14.5 Å². The topological polar surface area (TPSA) is 60.3 Å². The standard InChI is InChI=1S/C29H24N4O2/c34-29-24-11-5-7-13-26(24)30-27(33(29)23-9-2-1-3-10-23)15-14-22-20-21-8-4-6-12-25(21)31-28(22)32-16-18-35-19-17-32/h1-15,20H,16-19H2/b15-14+. The Bertz CT molecular complexity index is 1600. The highest BCUT2D eigenvalue weighted by Crippen LogP contribution is 2.26. The van der Waals surface area contributed by atoms with Crippen molar-refractivity contribution in [3.63, 3.8) is 0 Å². The summed E-state index contributed by atoms with van der Waals surface area (Å²) < 4.78 is 7.23. The SMILES string of the molecule is O=c1c2ccccc2nc(/C=C/c2cc3ccccc3nc2N2CCOCC2)n1-c1ccccc1. The van der Waals surface area contributed by atoms with Gasteiger partial charge in [0.25, 0.3) is 5.56 Å². The van der Waals surface area contributed by atoms with Gasteiger partial charge in [0, 0.05) is 24.0 Å². The molecule has 0 spiro atoms. The number of rotatable bonds is 4. The maximum atomic E-state index is 13.5. The van der Waals surface area contributed by atoms with Crippen LogP contribution in [0, 0.1) is 0 Å². The second kappa shape index (κ2) is 9.16. The second-order valence-corrected chi connectivity index (χ2v) is 8.49. The molecule has 35 heavy (non-hydrogen) atoms. The lowest BCUT2D eigenvalue weighted by molar-refractivity contribution is 0.122. The van der Waals surface area contributed by atoms with E-state index in [-0.39, 0.29) is 5.56 Å². The zero-order chi connectivity index (χ0) is 23.6. The van der Waals surface area contributed by atoms with E-state index in [9.17, 15) is 4.79 Å². The minimum atomic E-state index is -0.0912. The molecule has 0 radical (unpaired) electrons. The lowest BCUT2D eigenvalue weighted by atomic mass is 10.1. The van der Waals surface area contributed by atoms with E-state index in [1.54, 1.807) is 4.57 Å². The second-order valence-electron chi connectivity index (χ2n) is 8.49. The minimum Gasteiger partial charge on any atom is -0.378 e. The Morgan fingerprint density at radius 1 is 0.771 bits per heavy atom. The molecule has 0 saturated carbocycles. The molecule has 5 aromatic rings. The molecule has 0 atom stereocenters. The number of hydrogen-bond donors (Lipinski definition) is 0. The molecule has 1 saturated heterocycles. The van der Waals surface area contributed by atoms with Crippen molar-refractivity contribution in [3.8, 4) is 5.69 Å². The quantitative estimate of drug-likeness (QED) is 0.380. The summed E-state index contributed by atoms with van der Waals surface area (Å²) in [6, 6.07) is 27.4. The summed E-state index contributed by atoms with van der Waals surface area (Å²) in [6.07, 6.45) is 3.93. The summed E-state index contributed by atoms with van der Waals surface area (Å²) in [5.41, 5.74) is 3.30. The predicted octanol–water partition coefficient (Wildman–Crippen LogP) is 4.94. The summed E-state index contributed by atoms with van der Waals surface area (Å²) in [5.74, 6) is 1.48. The molecule has 3 heterocycles. The largest absolute Gasteiger partial charge is 0.378 e. The number of aromatic nitrogens is 3. The van der Waals surface area contributed by atoms with Gasteiger partial charge in [0.05, 0.1) is 35.3 Å². The molecule has 0 bridgehead atoms. The van der Waals surface area contributed by atoms with Gasteiger partial charge in [-0.3, -0.25) is 9.36 Å². The van der Waals surface area contributed by atoms with Crippen molar-refractivity contribution in [3.05, 3.63) is 107 Å². The third-order valence-electron chi connectivity index (χ3n) is 6.27. The van der Waals surface area contributed by atoms with E-state index in [2.05, 4.69) is 17.0 Å². The van der Waals surface area contributed by atoms with Crippen molar-refractivity contribution in [2.24, 2.45) is 0 Å². The van der Waals surface area contributed by atoms with Gasteiger partial charge in [0.2, 0.25) is 0 Å². The molecule has 1 aliphatic heterocycles. The van der Waals surface area contributed by atoms with Crippen LogP contribution in [-0.2, 0) is 4.74 Å². The van der Waals surface area contributed by atoms with Gasteiger partial charge in [-0.15, -0.1) is 0 Å². The molecule has 172 valence electrons. The molecule has 1 aliphatic rings. The number of fused-ring (bicyclic) bond motifs is 2. The Morgan fingerprint density at radius 2 is 1.49 bits per heavy atom. The third kappa shape index (κ3) is 4.09. The van der Waals surface area contributed by atoms with Crippen LogP contribution in [0.2, 0.25) is 0 Å². The number of hydrogen-bond acceptors (Lipinski definition) is 5. The molecule has 6 rings (SSSR count). The van der Waals surface area contributed by atoms with E-state index in [0.29, 0.717) is 29.9 Å². The minimum absolute atomic E-state index is 0.0912. The van der Waals surface area contributed by atoms with Crippen molar-refractivity contribution in [1.29, 1.82) is 0 Å². The summed E-state index contributed by atoms with van der Waals surface area (Å²) in [6.45, 7) is 2.93. The Morgan fingerprint density at radius 3 is 2.31 bits per heavy atom. The number of anilines is 1. The van der Waals surface area contributed by atoms with Crippen LogP contribution in [0.1, 0.15) is 11.4 Å². The molecular formula is C29H24N4O2. The smallest absolute Gasteiger partial charge is 0.266 e. The van der Waals surface area contributed by atoms with Crippen LogP contribution in [0.3, 0.4) is 0 Å². The van der Waals surface area contributed by atoms with Gasteiger partial charge < -0.3 is 9.64 Å². The first-order chi connectivity index (χ1) is 17.3. The van der Waals surface area contributed by atoms with Crippen LogP contribution in [0.5, 0.6) is 0 Å². The Labute approximate surface area is 202 Å². The third-order valence-corrected chi connectivity index (χ3v) is 6.27. The predicted molar refractivity (Wildman–Crippen MR) is 141 cm³/mol. The molecule has 0 N–H and O–H groups in total. The lowest BCUT2D eigenvalue weighted by Crippen LogP contribution is -2.37.